The average molecular weight is 230 g/mol. The fraction of sp³-hybridized carbons (Fsp3) is 1.00. The molecule has 0 saturated heterocycles. The second-order valence-electron chi connectivity index (χ2n) is 1.79. The van der Waals surface area contributed by atoms with Crippen LogP contribution >= 0.6 is 15.2 Å². The zero-order valence-corrected chi connectivity index (χ0v) is 8.89. The van der Waals surface area contributed by atoms with Gasteiger partial charge < -0.3 is 23.8 Å². The topological polar surface area (TPSA) is 133 Å². The van der Waals surface area contributed by atoms with E-state index in [1.54, 1.807) is 0 Å². The van der Waals surface area contributed by atoms with Gasteiger partial charge in [-0.1, -0.05) is 7.60 Å². The molecule has 0 bridgehead atoms. The van der Waals surface area contributed by atoms with E-state index in [1.165, 1.54) is 0 Å². The molecule has 0 aromatic carbocycles. The van der Waals surface area contributed by atoms with Crippen molar-refractivity contribution >= 4 is 32.6 Å². The first kappa shape index (κ1) is 15.3. The molecule has 0 aromatic heterocycles. The van der Waals surface area contributed by atoms with Crippen LogP contribution in [0.15, 0.2) is 0 Å². The molecule has 10 heteroatoms. The standard InChI is InChI=1S/C2H8O7P2.Al/c1-2(10(4,5)6)11(7,8)9-3;/h2-3H,1H3,(H,7,8)(H2,4,5,6);/q;+3/p-3. The van der Waals surface area contributed by atoms with Gasteiger partial charge in [-0.05, 0) is 6.92 Å². The van der Waals surface area contributed by atoms with Crippen LogP contribution in [-0.2, 0) is 13.8 Å². The largest absolute Gasteiger partial charge is 3.00 e. The second-order valence-corrected chi connectivity index (χ2v) is 6.07. The van der Waals surface area contributed by atoms with E-state index < -0.39 is 20.6 Å². The van der Waals surface area contributed by atoms with Crippen LogP contribution in [-0.4, -0.2) is 28.0 Å². The smallest absolute Gasteiger partial charge is 0.810 e. The molecule has 0 radical (unpaired) electrons. The molecule has 12 heavy (non-hydrogen) atoms. The van der Waals surface area contributed by atoms with Crippen LogP contribution in [0.5, 0.6) is 0 Å². The van der Waals surface area contributed by atoms with Gasteiger partial charge in [-0.25, -0.2) is 5.26 Å². The van der Waals surface area contributed by atoms with Gasteiger partial charge in [-0.3, -0.25) is 0 Å². The molecule has 68 valence electrons. The molecule has 0 saturated carbocycles. The summed E-state index contributed by atoms with van der Waals surface area (Å²) < 4.78 is 23.2. The number of hydrogen-bond acceptors (Lipinski definition) is 7. The molecule has 0 aliphatic heterocycles. The molecular weight excluding hydrogens is 225 g/mol. The van der Waals surface area contributed by atoms with Crippen molar-refractivity contribution in [3.8, 4) is 0 Å². The van der Waals surface area contributed by atoms with Crippen molar-refractivity contribution in [1.82, 2.24) is 0 Å². The molecule has 1 N–H and O–H groups in total. The van der Waals surface area contributed by atoms with E-state index in [0.717, 1.165) is 0 Å². The molecule has 0 aromatic rings. The summed E-state index contributed by atoms with van der Waals surface area (Å²) >= 11 is 0. The van der Waals surface area contributed by atoms with Crippen molar-refractivity contribution in [3.63, 3.8) is 0 Å². The van der Waals surface area contributed by atoms with Gasteiger partial charge in [0, 0.05) is 0 Å². The van der Waals surface area contributed by atoms with Crippen LogP contribution in [0.1, 0.15) is 6.92 Å². The fourth-order valence-electron chi connectivity index (χ4n) is 0.241. The van der Waals surface area contributed by atoms with Crippen LogP contribution in [0.2, 0.25) is 0 Å². The summed E-state index contributed by atoms with van der Waals surface area (Å²) in [7, 11) is -10.2. The third kappa shape index (κ3) is 4.15. The predicted octanol–water partition coefficient (Wildman–Crippen LogP) is -2.09. The zero-order chi connectivity index (χ0) is 9.28. The Morgan fingerprint density at radius 2 is 1.67 bits per heavy atom. The van der Waals surface area contributed by atoms with E-state index in [0.29, 0.717) is 6.92 Å². The van der Waals surface area contributed by atoms with Gasteiger partial charge >= 0.3 is 17.4 Å². The monoisotopic (exact) mass is 230 g/mol. The zero-order valence-electron chi connectivity index (χ0n) is 5.95. The first-order valence-electron chi connectivity index (χ1n) is 2.37. The van der Waals surface area contributed by atoms with Gasteiger partial charge in [0.2, 0.25) is 0 Å². The minimum atomic E-state index is -5.26. The van der Waals surface area contributed by atoms with Crippen LogP contribution in [0, 0.1) is 0 Å². The molecule has 0 spiro atoms. The summed E-state index contributed by atoms with van der Waals surface area (Å²) in [6.45, 7) is 0.616. The summed E-state index contributed by atoms with van der Waals surface area (Å²) in [5.41, 5.74) is 0. The van der Waals surface area contributed by atoms with Gasteiger partial charge in [0.15, 0.2) is 7.60 Å². The van der Waals surface area contributed by atoms with Crippen molar-refractivity contribution in [1.29, 1.82) is 0 Å². The molecule has 0 aliphatic rings. The van der Waals surface area contributed by atoms with E-state index in [1.807, 2.05) is 0 Å². The van der Waals surface area contributed by atoms with Crippen molar-refractivity contribution in [3.05, 3.63) is 0 Å². The Morgan fingerprint density at radius 1 is 1.33 bits per heavy atom. The molecule has 0 heterocycles. The Kier molecular flexibility index (Phi) is 6.20. The normalized spacial score (nSPS) is 19.1. The fourth-order valence-corrected chi connectivity index (χ4v) is 1.89. The SMILES string of the molecule is CC(P(=O)([O-])[O-])P(=O)([O-])OO.[Al+3]. The third-order valence-corrected chi connectivity index (χ3v) is 4.78. The maximum absolute atomic E-state index is 10.3. The van der Waals surface area contributed by atoms with Gasteiger partial charge in [-0.2, -0.15) is 4.67 Å². The Balaban J connectivity index is 0. The van der Waals surface area contributed by atoms with Crippen molar-refractivity contribution in [2.24, 2.45) is 0 Å². The van der Waals surface area contributed by atoms with Crippen LogP contribution < -0.4 is 14.7 Å². The van der Waals surface area contributed by atoms with Gasteiger partial charge in [0.05, 0.1) is 5.40 Å². The summed E-state index contributed by atoms with van der Waals surface area (Å²) in [6.07, 6.45) is 0. The first-order valence-corrected chi connectivity index (χ1v) is 5.60. The predicted molar refractivity (Wildman–Crippen MR) is 34.1 cm³/mol. The van der Waals surface area contributed by atoms with E-state index in [-0.39, 0.29) is 17.4 Å². The Bertz CT molecular complexity index is 221. The number of rotatable bonds is 3. The third-order valence-electron chi connectivity index (χ3n) is 1.03. The number of hydrogen-bond donors (Lipinski definition) is 1. The summed E-state index contributed by atoms with van der Waals surface area (Å²) in [5, 5.41) is 5.40. The molecule has 0 amide bonds. The van der Waals surface area contributed by atoms with E-state index in [2.05, 4.69) is 4.67 Å². The minimum Gasteiger partial charge on any atom is -0.810 e. The van der Waals surface area contributed by atoms with Crippen molar-refractivity contribution in [2.45, 2.75) is 12.3 Å². The van der Waals surface area contributed by atoms with Crippen LogP contribution in [0.3, 0.4) is 0 Å². The second kappa shape index (κ2) is 4.87. The maximum Gasteiger partial charge on any atom is 3.00 e. The van der Waals surface area contributed by atoms with Gasteiger partial charge in [-0.15, -0.1) is 0 Å². The van der Waals surface area contributed by atoms with Gasteiger partial charge in [0.25, 0.3) is 0 Å². The molecule has 2 atom stereocenters. The Hall–Kier alpha value is 0.792. The summed E-state index contributed by atoms with van der Waals surface area (Å²) in [6, 6.07) is 0. The minimum absolute atomic E-state index is 0. The summed E-state index contributed by atoms with van der Waals surface area (Å²) in [5.74, 6) is 0. The molecule has 2 unspecified atom stereocenters. The first-order chi connectivity index (χ1) is 4.72. The van der Waals surface area contributed by atoms with Crippen LogP contribution in [0.25, 0.3) is 0 Å². The van der Waals surface area contributed by atoms with Gasteiger partial charge in [0.1, 0.15) is 0 Å². The van der Waals surface area contributed by atoms with Crippen molar-refractivity contribution in [2.75, 3.05) is 0 Å². The van der Waals surface area contributed by atoms with Crippen LogP contribution in [0.4, 0.5) is 0 Å². The average Bonchev–Trinajstić information content (AvgIpc) is 1.84. The summed E-state index contributed by atoms with van der Waals surface area (Å²) in [4.78, 5) is 30.4. The maximum atomic E-state index is 10.3. The molecular formula is C2H5AlO7P2. The Labute approximate surface area is 79.1 Å². The molecule has 0 fully saturated rings. The molecule has 0 aliphatic carbocycles. The van der Waals surface area contributed by atoms with E-state index in [9.17, 15) is 23.8 Å². The molecule has 7 nitrogen and oxygen atoms in total. The van der Waals surface area contributed by atoms with E-state index in [4.69, 9.17) is 5.26 Å². The quantitative estimate of drug-likeness (QED) is 0.254. The van der Waals surface area contributed by atoms with Crippen molar-refractivity contribution < 1.29 is 33.7 Å². The van der Waals surface area contributed by atoms with E-state index >= 15 is 0 Å². The molecule has 0 rings (SSSR count). The Morgan fingerprint density at radius 3 is 1.75 bits per heavy atom.